The Morgan fingerprint density at radius 1 is 1.45 bits per heavy atom. The van der Waals surface area contributed by atoms with Crippen LogP contribution >= 0.6 is 0 Å². The van der Waals surface area contributed by atoms with Crippen LogP contribution in [-0.2, 0) is 14.3 Å². The first-order chi connectivity index (χ1) is 9.78. The third kappa shape index (κ3) is 5.36. The van der Waals surface area contributed by atoms with E-state index >= 15 is 0 Å². The summed E-state index contributed by atoms with van der Waals surface area (Å²) in [6.07, 6.45) is 2.31. The molecule has 2 saturated heterocycles. The zero-order chi connectivity index (χ0) is 14.2. The lowest BCUT2D eigenvalue weighted by molar-refractivity contribution is -0.129. The van der Waals surface area contributed by atoms with Gasteiger partial charge in [0.1, 0.15) is 6.61 Å². The van der Waals surface area contributed by atoms with Gasteiger partial charge in [-0.15, -0.1) is 0 Å². The van der Waals surface area contributed by atoms with Crippen molar-refractivity contribution in [3.05, 3.63) is 0 Å². The Morgan fingerprint density at radius 2 is 2.25 bits per heavy atom. The number of hydrogen-bond acceptors (Lipinski definition) is 5. The van der Waals surface area contributed by atoms with Crippen LogP contribution < -0.4 is 10.6 Å². The molecule has 1 atom stereocenters. The minimum absolute atomic E-state index is 0.0410. The maximum atomic E-state index is 11.8. The number of amides is 1. The number of hydrogen-bond donors (Lipinski definition) is 2. The van der Waals surface area contributed by atoms with E-state index < -0.39 is 0 Å². The second-order valence-electron chi connectivity index (χ2n) is 5.45. The normalized spacial score (nSPS) is 25.6. The lowest BCUT2D eigenvalue weighted by atomic mass is 10.1. The van der Waals surface area contributed by atoms with Crippen molar-refractivity contribution in [1.29, 1.82) is 0 Å². The van der Waals surface area contributed by atoms with Crippen molar-refractivity contribution in [2.75, 3.05) is 52.5 Å². The number of piperidine rings is 1. The molecule has 2 N–H and O–H groups in total. The molecule has 0 aliphatic carbocycles. The average molecular weight is 285 g/mol. The highest BCUT2D eigenvalue weighted by Crippen LogP contribution is 2.07. The summed E-state index contributed by atoms with van der Waals surface area (Å²) in [5, 5.41) is 6.18. The SMILES string of the molecule is CCN1CCOC(CNC(=O)COC2CCNCC2)C1. The van der Waals surface area contributed by atoms with Crippen molar-refractivity contribution in [1.82, 2.24) is 15.5 Å². The highest BCUT2D eigenvalue weighted by atomic mass is 16.5. The summed E-state index contributed by atoms with van der Waals surface area (Å²) >= 11 is 0. The van der Waals surface area contributed by atoms with Gasteiger partial charge in [-0.2, -0.15) is 0 Å². The lowest BCUT2D eigenvalue weighted by Gasteiger charge is -2.32. The highest BCUT2D eigenvalue weighted by molar-refractivity contribution is 5.77. The molecule has 0 aromatic rings. The van der Waals surface area contributed by atoms with Crippen LogP contribution in [0.25, 0.3) is 0 Å². The van der Waals surface area contributed by atoms with Gasteiger partial charge in [-0.1, -0.05) is 6.92 Å². The van der Waals surface area contributed by atoms with Gasteiger partial charge in [-0.05, 0) is 32.5 Å². The third-order valence-electron chi connectivity index (χ3n) is 3.93. The van der Waals surface area contributed by atoms with Crippen LogP contribution in [0.2, 0.25) is 0 Å². The molecule has 2 fully saturated rings. The number of rotatable bonds is 6. The minimum Gasteiger partial charge on any atom is -0.374 e. The Bertz CT molecular complexity index is 295. The second-order valence-corrected chi connectivity index (χ2v) is 5.45. The van der Waals surface area contributed by atoms with Crippen LogP contribution in [-0.4, -0.2) is 75.5 Å². The zero-order valence-electron chi connectivity index (χ0n) is 12.4. The van der Waals surface area contributed by atoms with Crippen molar-refractivity contribution in [2.45, 2.75) is 32.0 Å². The van der Waals surface area contributed by atoms with Crippen LogP contribution in [0, 0.1) is 0 Å². The van der Waals surface area contributed by atoms with Crippen molar-refractivity contribution in [3.8, 4) is 0 Å². The number of nitrogens with one attached hydrogen (secondary N) is 2. The third-order valence-corrected chi connectivity index (χ3v) is 3.93. The highest BCUT2D eigenvalue weighted by Gasteiger charge is 2.20. The summed E-state index contributed by atoms with van der Waals surface area (Å²) in [5.41, 5.74) is 0. The number of carbonyl (C=O) groups is 1. The van der Waals surface area contributed by atoms with Gasteiger partial charge in [-0.25, -0.2) is 0 Å². The molecule has 0 aromatic carbocycles. The molecule has 20 heavy (non-hydrogen) atoms. The fraction of sp³-hybridized carbons (Fsp3) is 0.929. The molecule has 0 spiro atoms. The topological polar surface area (TPSA) is 62.8 Å². The summed E-state index contributed by atoms with van der Waals surface area (Å²) in [6.45, 7) is 8.51. The molecule has 0 radical (unpaired) electrons. The molecule has 2 heterocycles. The van der Waals surface area contributed by atoms with Crippen LogP contribution in [0.5, 0.6) is 0 Å². The molecular formula is C14H27N3O3. The molecule has 1 unspecified atom stereocenters. The maximum Gasteiger partial charge on any atom is 0.246 e. The number of carbonyl (C=O) groups excluding carboxylic acids is 1. The van der Waals surface area contributed by atoms with E-state index in [0.717, 1.165) is 52.2 Å². The van der Waals surface area contributed by atoms with E-state index in [4.69, 9.17) is 9.47 Å². The summed E-state index contributed by atoms with van der Waals surface area (Å²) < 4.78 is 11.3. The van der Waals surface area contributed by atoms with Crippen molar-refractivity contribution < 1.29 is 14.3 Å². The maximum absolute atomic E-state index is 11.8. The molecule has 2 rings (SSSR count). The summed E-state index contributed by atoms with van der Waals surface area (Å²) in [7, 11) is 0. The first-order valence-electron chi connectivity index (χ1n) is 7.71. The van der Waals surface area contributed by atoms with Gasteiger partial charge in [-0.3, -0.25) is 9.69 Å². The number of likely N-dealkylation sites (N-methyl/N-ethyl adjacent to an activating group) is 1. The van der Waals surface area contributed by atoms with E-state index in [1.165, 1.54) is 0 Å². The fourth-order valence-corrected chi connectivity index (χ4v) is 2.63. The van der Waals surface area contributed by atoms with E-state index in [9.17, 15) is 4.79 Å². The molecule has 0 saturated carbocycles. The second kappa shape index (κ2) is 8.56. The summed E-state index contributed by atoms with van der Waals surface area (Å²) in [5.74, 6) is -0.0410. The van der Waals surface area contributed by atoms with Gasteiger partial charge in [0.05, 0.1) is 18.8 Å². The Labute approximate surface area is 121 Å². The van der Waals surface area contributed by atoms with Gasteiger partial charge in [0.25, 0.3) is 0 Å². The smallest absolute Gasteiger partial charge is 0.246 e. The lowest BCUT2D eigenvalue weighted by Crippen LogP contribution is -2.48. The molecule has 1 amide bonds. The van der Waals surface area contributed by atoms with Crippen molar-refractivity contribution in [2.24, 2.45) is 0 Å². The van der Waals surface area contributed by atoms with Gasteiger partial charge < -0.3 is 20.1 Å². The van der Waals surface area contributed by atoms with Crippen LogP contribution in [0.3, 0.4) is 0 Å². The van der Waals surface area contributed by atoms with Crippen molar-refractivity contribution >= 4 is 5.91 Å². The molecule has 0 aromatic heterocycles. The van der Waals surface area contributed by atoms with E-state index in [-0.39, 0.29) is 24.7 Å². The first-order valence-corrected chi connectivity index (χ1v) is 7.71. The molecule has 6 nitrogen and oxygen atoms in total. The average Bonchev–Trinajstić information content (AvgIpc) is 2.52. The molecule has 6 heteroatoms. The quantitative estimate of drug-likeness (QED) is 0.695. The number of morpholine rings is 1. The molecule has 116 valence electrons. The van der Waals surface area contributed by atoms with Crippen LogP contribution in [0.1, 0.15) is 19.8 Å². The van der Waals surface area contributed by atoms with Crippen LogP contribution in [0.15, 0.2) is 0 Å². The summed E-state index contributed by atoms with van der Waals surface area (Å²) in [4.78, 5) is 14.1. The van der Waals surface area contributed by atoms with Gasteiger partial charge >= 0.3 is 0 Å². The Kier molecular flexibility index (Phi) is 6.72. The Balaban J connectivity index is 1.57. The molecule has 2 aliphatic heterocycles. The predicted octanol–water partition coefficient (Wildman–Crippen LogP) is -0.408. The monoisotopic (exact) mass is 285 g/mol. The standard InChI is InChI=1S/C14H27N3O3/c1-2-17-7-8-19-13(10-17)9-16-14(18)11-20-12-3-5-15-6-4-12/h12-13,15H,2-11H2,1H3,(H,16,18). The minimum atomic E-state index is -0.0410. The summed E-state index contributed by atoms with van der Waals surface area (Å²) in [6, 6.07) is 0. The first kappa shape index (κ1) is 15.7. The van der Waals surface area contributed by atoms with E-state index in [0.29, 0.717) is 6.54 Å². The molecule has 2 aliphatic rings. The van der Waals surface area contributed by atoms with Gasteiger partial charge in [0.2, 0.25) is 5.91 Å². The van der Waals surface area contributed by atoms with Gasteiger partial charge in [0, 0.05) is 19.6 Å². The Hall–Kier alpha value is -0.690. The van der Waals surface area contributed by atoms with E-state index in [1.54, 1.807) is 0 Å². The molecule has 0 bridgehead atoms. The van der Waals surface area contributed by atoms with E-state index in [1.807, 2.05) is 0 Å². The van der Waals surface area contributed by atoms with Crippen molar-refractivity contribution in [3.63, 3.8) is 0 Å². The number of ether oxygens (including phenoxy) is 2. The van der Waals surface area contributed by atoms with Crippen LogP contribution in [0.4, 0.5) is 0 Å². The van der Waals surface area contributed by atoms with Gasteiger partial charge in [0.15, 0.2) is 0 Å². The molecular weight excluding hydrogens is 258 g/mol. The zero-order valence-corrected chi connectivity index (χ0v) is 12.4. The fourth-order valence-electron chi connectivity index (χ4n) is 2.63. The number of nitrogens with zero attached hydrogens (tertiary/aromatic N) is 1. The largest absolute Gasteiger partial charge is 0.374 e. The predicted molar refractivity (Wildman–Crippen MR) is 76.7 cm³/mol. The Morgan fingerprint density at radius 3 is 3.00 bits per heavy atom. The van der Waals surface area contributed by atoms with E-state index in [2.05, 4.69) is 22.5 Å².